The normalized spacial score (nSPS) is 11.7. The molecular formula is C53H35NO. The first-order chi connectivity index (χ1) is 27.0. The SMILES string of the molecule is Cc1cc(-c2cccc3c2-c2ccccc2C3=O)ccc1C#Cc1ccc(-n2c3ccc(-c4ccccc4)cc3c3cc(-c4ccccc4)ccc32)cc1C. The number of nitrogens with zero attached hydrogens (tertiary/aromatic N) is 1. The molecule has 1 aliphatic rings. The maximum Gasteiger partial charge on any atom is 0.194 e. The summed E-state index contributed by atoms with van der Waals surface area (Å²) in [5.74, 6) is 7.05. The fourth-order valence-corrected chi connectivity index (χ4v) is 8.27. The molecule has 0 amide bonds. The fraction of sp³-hybridized carbons (Fsp3) is 0.0377. The lowest BCUT2D eigenvalue weighted by Crippen LogP contribution is -1.96. The molecule has 55 heavy (non-hydrogen) atoms. The number of benzene rings is 8. The minimum Gasteiger partial charge on any atom is -0.309 e. The van der Waals surface area contributed by atoms with Crippen molar-refractivity contribution in [3.8, 4) is 62.0 Å². The van der Waals surface area contributed by atoms with Gasteiger partial charge in [0.2, 0.25) is 0 Å². The Morgan fingerprint density at radius 3 is 1.51 bits per heavy atom. The van der Waals surface area contributed by atoms with E-state index >= 15 is 0 Å². The quantitative estimate of drug-likeness (QED) is 0.167. The molecule has 2 heteroatoms. The van der Waals surface area contributed by atoms with Gasteiger partial charge in [0.1, 0.15) is 0 Å². The van der Waals surface area contributed by atoms with Crippen molar-refractivity contribution in [2.75, 3.05) is 0 Å². The van der Waals surface area contributed by atoms with Gasteiger partial charge in [0, 0.05) is 44.3 Å². The van der Waals surface area contributed by atoms with E-state index in [9.17, 15) is 4.79 Å². The fourth-order valence-electron chi connectivity index (χ4n) is 8.27. The average molecular weight is 702 g/mol. The topological polar surface area (TPSA) is 22.0 Å². The molecule has 0 N–H and O–H groups in total. The Morgan fingerprint density at radius 2 is 0.909 bits per heavy atom. The van der Waals surface area contributed by atoms with Crippen LogP contribution in [0.15, 0.2) is 176 Å². The van der Waals surface area contributed by atoms with E-state index < -0.39 is 0 Å². The summed E-state index contributed by atoms with van der Waals surface area (Å²) in [4.78, 5) is 13.1. The summed E-state index contributed by atoms with van der Waals surface area (Å²) in [6.07, 6.45) is 0. The number of carbonyl (C=O) groups is 1. The second kappa shape index (κ2) is 13.0. The van der Waals surface area contributed by atoms with Crippen LogP contribution in [0.3, 0.4) is 0 Å². The van der Waals surface area contributed by atoms with E-state index in [1.807, 2.05) is 36.4 Å². The van der Waals surface area contributed by atoms with Gasteiger partial charge < -0.3 is 4.57 Å². The summed E-state index contributed by atoms with van der Waals surface area (Å²) >= 11 is 0. The molecule has 0 saturated heterocycles. The predicted octanol–water partition coefficient (Wildman–Crippen LogP) is 13.0. The van der Waals surface area contributed by atoms with Gasteiger partial charge in [-0.25, -0.2) is 0 Å². The molecule has 1 aliphatic carbocycles. The number of fused-ring (bicyclic) bond motifs is 6. The zero-order chi connectivity index (χ0) is 37.0. The lowest BCUT2D eigenvalue weighted by molar-refractivity contribution is 0.104. The molecule has 0 saturated carbocycles. The van der Waals surface area contributed by atoms with Crippen molar-refractivity contribution < 1.29 is 4.79 Å². The van der Waals surface area contributed by atoms with Crippen LogP contribution in [0.4, 0.5) is 0 Å². The lowest BCUT2D eigenvalue weighted by atomic mass is 9.92. The maximum atomic E-state index is 13.1. The van der Waals surface area contributed by atoms with Crippen LogP contribution in [0.1, 0.15) is 38.2 Å². The zero-order valence-corrected chi connectivity index (χ0v) is 30.6. The first-order valence-electron chi connectivity index (χ1n) is 18.7. The molecule has 10 rings (SSSR count). The van der Waals surface area contributed by atoms with Gasteiger partial charge in [-0.3, -0.25) is 4.79 Å². The monoisotopic (exact) mass is 701 g/mol. The van der Waals surface area contributed by atoms with E-state index in [1.54, 1.807) is 0 Å². The minimum atomic E-state index is 0.0978. The second-order valence-corrected chi connectivity index (χ2v) is 14.4. The molecule has 9 aromatic rings. The third-order valence-electron chi connectivity index (χ3n) is 11.1. The van der Waals surface area contributed by atoms with Gasteiger partial charge >= 0.3 is 0 Å². The molecule has 0 fully saturated rings. The Labute approximate surface area is 321 Å². The molecule has 8 aromatic carbocycles. The van der Waals surface area contributed by atoms with Crippen LogP contribution in [-0.4, -0.2) is 10.4 Å². The highest BCUT2D eigenvalue weighted by Gasteiger charge is 2.28. The van der Waals surface area contributed by atoms with Crippen LogP contribution < -0.4 is 0 Å². The van der Waals surface area contributed by atoms with Crippen LogP contribution in [0.25, 0.3) is 72.0 Å². The number of hydrogen-bond acceptors (Lipinski definition) is 1. The highest BCUT2D eigenvalue weighted by Crippen LogP contribution is 2.43. The summed E-state index contributed by atoms with van der Waals surface area (Å²) in [6, 6.07) is 61.8. The zero-order valence-electron chi connectivity index (χ0n) is 30.6. The van der Waals surface area contributed by atoms with E-state index in [0.717, 1.165) is 61.3 Å². The van der Waals surface area contributed by atoms with E-state index in [2.05, 4.69) is 170 Å². The standard InChI is InChI=1S/C53H35NO/c1-34-30-42(44-18-11-19-47-52(44)45-16-9-10-17-46(45)53(47)55)23-22-36(34)20-21-37-24-27-43(31-35(37)2)54-50-28-25-40(38-12-5-3-6-13-38)32-48(50)49-33-41(26-29-51(49)54)39-14-7-4-8-15-39/h3-19,22-33H,1-2H3. The Morgan fingerprint density at radius 1 is 0.400 bits per heavy atom. The molecule has 1 aromatic heterocycles. The summed E-state index contributed by atoms with van der Waals surface area (Å²) < 4.78 is 2.38. The number of carbonyl (C=O) groups excluding carboxylic acids is 1. The van der Waals surface area contributed by atoms with Crippen molar-refractivity contribution in [1.82, 2.24) is 4.57 Å². The highest BCUT2D eigenvalue weighted by molar-refractivity contribution is 6.23. The molecule has 0 bridgehead atoms. The number of aromatic nitrogens is 1. The van der Waals surface area contributed by atoms with Gasteiger partial charge in [0.05, 0.1) is 11.0 Å². The molecule has 0 atom stereocenters. The van der Waals surface area contributed by atoms with Gasteiger partial charge in [-0.15, -0.1) is 0 Å². The van der Waals surface area contributed by atoms with Crippen molar-refractivity contribution in [2.24, 2.45) is 0 Å². The molecule has 0 radical (unpaired) electrons. The molecule has 0 unspecified atom stereocenters. The maximum absolute atomic E-state index is 13.1. The molecule has 1 heterocycles. The van der Waals surface area contributed by atoms with Crippen LogP contribution in [0, 0.1) is 25.7 Å². The van der Waals surface area contributed by atoms with Crippen LogP contribution >= 0.6 is 0 Å². The summed E-state index contributed by atoms with van der Waals surface area (Å²) in [5, 5.41) is 2.46. The number of rotatable bonds is 4. The van der Waals surface area contributed by atoms with Crippen LogP contribution in [-0.2, 0) is 0 Å². The van der Waals surface area contributed by atoms with E-state index in [0.29, 0.717) is 0 Å². The molecular weight excluding hydrogens is 667 g/mol. The third kappa shape index (κ3) is 5.49. The van der Waals surface area contributed by atoms with Crippen molar-refractivity contribution in [1.29, 1.82) is 0 Å². The molecule has 0 aliphatic heterocycles. The smallest absolute Gasteiger partial charge is 0.194 e. The van der Waals surface area contributed by atoms with Gasteiger partial charge in [-0.2, -0.15) is 0 Å². The van der Waals surface area contributed by atoms with E-state index in [4.69, 9.17) is 0 Å². The first kappa shape index (κ1) is 32.4. The van der Waals surface area contributed by atoms with Gasteiger partial charge in [0.25, 0.3) is 0 Å². The number of aryl methyl sites for hydroxylation is 2. The summed E-state index contributed by atoms with van der Waals surface area (Å²) in [7, 11) is 0. The molecule has 2 nitrogen and oxygen atoms in total. The Kier molecular flexibility index (Phi) is 7.68. The number of hydrogen-bond donors (Lipinski definition) is 0. The first-order valence-corrected chi connectivity index (χ1v) is 18.7. The van der Waals surface area contributed by atoms with Crippen LogP contribution in [0.5, 0.6) is 0 Å². The van der Waals surface area contributed by atoms with Gasteiger partial charge in [-0.05, 0) is 112 Å². The van der Waals surface area contributed by atoms with Crippen molar-refractivity contribution in [3.05, 3.63) is 209 Å². The Bertz CT molecular complexity index is 2970. The predicted molar refractivity (Wildman–Crippen MR) is 228 cm³/mol. The highest BCUT2D eigenvalue weighted by atomic mass is 16.1. The Hall–Kier alpha value is -7.21. The van der Waals surface area contributed by atoms with Gasteiger partial charge in [0.15, 0.2) is 5.78 Å². The van der Waals surface area contributed by atoms with E-state index in [-0.39, 0.29) is 5.78 Å². The summed E-state index contributed by atoms with van der Waals surface area (Å²) in [6.45, 7) is 4.26. The van der Waals surface area contributed by atoms with E-state index in [1.165, 1.54) is 44.1 Å². The largest absolute Gasteiger partial charge is 0.309 e. The minimum absolute atomic E-state index is 0.0978. The van der Waals surface area contributed by atoms with Gasteiger partial charge in [-0.1, -0.05) is 139 Å². The second-order valence-electron chi connectivity index (χ2n) is 14.4. The van der Waals surface area contributed by atoms with Crippen LogP contribution in [0.2, 0.25) is 0 Å². The van der Waals surface area contributed by atoms with Crippen molar-refractivity contribution >= 4 is 27.6 Å². The van der Waals surface area contributed by atoms with Crippen molar-refractivity contribution in [3.63, 3.8) is 0 Å². The number of ketones is 1. The third-order valence-corrected chi connectivity index (χ3v) is 11.1. The Balaban J connectivity index is 1.02. The van der Waals surface area contributed by atoms with Crippen molar-refractivity contribution in [2.45, 2.75) is 13.8 Å². The lowest BCUT2D eigenvalue weighted by Gasteiger charge is -2.11. The molecule has 258 valence electrons. The summed E-state index contributed by atoms with van der Waals surface area (Å²) in [5.41, 5.74) is 18.2. The average Bonchev–Trinajstić information content (AvgIpc) is 3.72. The molecule has 0 spiro atoms.